The number of para-hydroxylation sites is 1. The van der Waals surface area contributed by atoms with Crippen molar-refractivity contribution >= 4 is 27.8 Å². The van der Waals surface area contributed by atoms with E-state index in [1.165, 1.54) is 43.9 Å². The van der Waals surface area contributed by atoms with Crippen LogP contribution >= 0.6 is 11.8 Å². The lowest BCUT2D eigenvalue weighted by atomic mass is 10.0. The van der Waals surface area contributed by atoms with E-state index in [1.807, 2.05) is 37.4 Å². The Morgan fingerprint density at radius 1 is 1.08 bits per heavy atom. The summed E-state index contributed by atoms with van der Waals surface area (Å²) in [5, 5.41) is 0.831. The number of pyridine rings is 1. The summed E-state index contributed by atoms with van der Waals surface area (Å²) in [4.78, 5) is 24.8. The number of thioether (sulfide) groups is 1. The van der Waals surface area contributed by atoms with Gasteiger partial charge < -0.3 is 4.57 Å². The van der Waals surface area contributed by atoms with Crippen molar-refractivity contribution in [3.63, 3.8) is 0 Å². The minimum absolute atomic E-state index is 0.101. The number of unbranched alkanes of at least 4 members (excludes halogenated alkanes) is 5. The zero-order valence-electron chi connectivity index (χ0n) is 15.6. The molecule has 0 N–H and O–H groups in total. The smallest absolute Gasteiger partial charge is 0.208 e. The Balaban J connectivity index is 2.32. The summed E-state index contributed by atoms with van der Waals surface area (Å²) in [5.74, 6) is 0. The molecule has 0 unspecified atom stereocenters. The molecule has 1 aromatic heterocycles. The summed E-state index contributed by atoms with van der Waals surface area (Å²) >= 11 is 1.25. The van der Waals surface area contributed by atoms with Gasteiger partial charge in [0.05, 0.1) is 12.1 Å². The topological polar surface area (TPSA) is 39.1 Å². The van der Waals surface area contributed by atoms with Crippen LogP contribution in [0.25, 0.3) is 10.9 Å². The SMILES string of the molecule is CCCCCCCCc1c(C)c(=O)c2ccccc2n1CC(=O)SC. The van der Waals surface area contributed by atoms with Gasteiger partial charge in [0.2, 0.25) is 5.12 Å². The average molecular weight is 360 g/mol. The maximum absolute atomic E-state index is 12.7. The van der Waals surface area contributed by atoms with E-state index in [1.54, 1.807) is 0 Å². The predicted molar refractivity (Wildman–Crippen MR) is 109 cm³/mol. The molecule has 0 saturated heterocycles. The second-order valence-corrected chi connectivity index (χ2v) is 7.46. The lowest BCUT2D eigenvalue weighted by molar-refractivity contribution is -0.111. The first-order valence-electron chi connectivity index (χ1n) is 9.28. The molecule has 2 rings (SSSR count). The second-order valence-electron chi connectivity index (χ2n) is 6.60. The highest BCUT2D eigenvalue weighted by atomic mass is 32.2. The molecule has 2 aromatic rings. The van der Waals surface area contributed by atoms with Crippen molar-refractivity contribution in [3.05, 3.63) is 45.7 Å². The zero-order chi connectivity index (χ0) is 18.2. The molecule has 25 heavy (non-hydrogen) atoms. The Morgan fingerprint density at radius 2 is 1.76 bits per heavy atom. The van der Waals surface area contributed by atoms with Crippen LogP contribution in [0.2, 0.25) is 0 Å². The first-order valence-corrected chi connectivity index (χ1v) is 10.5. The van der Waals surface area contributed by atoms with Gasteiger partial charge in [0.1, 0.15) is 0 Å². The van der Waals surface area contributed by atoms with Crippen LogP contribution in [0.4, 0.5) is 0 Å². The number of carbonyl (C=O) groups is 1. The molecule has 0 atom stereocenters. The molecular weight excluding hydrogens is 330 g/mol. The van der Waals surface area contributed by atoms with Crippen molar-refractivity contribution in [2.45, 2.75) is 65.3 Å². The minimum Gasteiger partial charge on any atom is -0.336 e. The van der Waals surface area contributed by atoms with Crippen LogP contribution in [0, 0.1) is 6.92 Å². The first-order chi connectivity index (χ1) is 12.1. The summed E-state index contributed by atoms with van der Waals surface area (Å²) in [7, 11) is 0. The summed E-state index contributed by atoms with van der Waals surface area (Å²) in [6, 6.07) is 7.64. The van der Waals surface area contributed by atoms with E-state index in [9.17, 15) is 9.59 Å². The number of hydrogen-bond acceptors (Lipinski definition) is 3. The quantitative estimate of drug-likeness (QED) is 0.585. The summed E-state index contributed by atoms with van der Waals surface area (Å²) in [6.45, 7) is 4.45. The molecule has 0 spiro atoms. The number of carbonyl (C=O) groups excluding carboxylic acids is 1. The van der Waals surface area contributed by atoms with Crippen molar-refractivity contribution in [1.82, 2.24) is 4.57 Å². The molecule has 0 fully saturated rings. The van der Waals surface area contributed by atoms with Gasteiger partial charge in [-0.3, -0.25) is 9.59 Å². The van der Waals surface area contributed by atoms with Gasteiger partial charge in [-0.05, 0) is 38.2 Å². The highest BCUT2D eigenvalue weighted by Gasteiger charge is 2.15. The van der Waals surface area contributed by atoms with E-state index in [2.05, 4.69) is 11.5 Å². The lowest BCUT2D eigenvalue weighted by Gasteiger charge is -2.18. The van der Waals surface area contributed by atoms with Gasteiger partial charge in [0, 0.05) is 16.6 Å². The van der Waals surface area contributed by atoms with Crippen LogP contribution < -0.4 is 5.43 Å². The highest BCUT2D eigenvalue weighted by Crippen LogP contribution is 2.20. The number of rotatable bonds is 9. The Labute approximate surface area is 154 Å². The van der Waals surface area contributed by atoms with Crippen LogP contribution in [0.5, 0.6) is 0 Å². The Hall–Kier alpha value is -1.55. The molecule has 0 amide bonds. The van der Waals surface area contributed by atoms with E-state index < -0.39 is 0 Å². The van der Waals surface area contributed by atoms with Gasteiger partial charge in [-0.1, -0.05) is 62.9 Å². The van der Waals surface area contributed by atoms with Gasteiger partial charge >= 0.3 is 0 Å². The van der Waals surface area contributed by atoms with Crippen molar-refractivity contribution in [2.24, 2.45) is 0 Å². The monoisotopic (exact) mass is 359 g/mol. The molecule has 0 aliphatic heterocycles. The molecule has 3 nitrogen and oxygen atoms in total. The number of aromatic nitrogens is 1. The third kappa shape index (κ3) is 4.97. The largest absolute Gasteiger partial charge is 0.336 e. The van der Waals surface area contributed by atoms with E-state index in [0.717, 1.165) is 29.6 Å². The molecule has 0 bridgehead atoms. The normalized spacial score (nSPS) is 11.2. The molecule has 136 valence electrons. The molecule has 1 heterocycles. The van der Waals surface area contributed by atoms with Crippen molar-refractivity contribution in [3.8, 4) is 0 Å². The van der Waals surface area contributed by atoms with E-state index >= 15 is 0 Å². The predicted octanol–water partition coefficient (Wildman–Crippen LogP) is 5.10. The summed E-state index contributed by atoms with van der Waals surface area (Å²) in [6.07, 6.45) is 9.99. The van der Waals surface area contributed by atoms with Gasteiger partial charge in [-0.2, -0.15) is 0 Å². The van der Waals surface area contributed by atoms with Crippen LogP contribution in [0.3, 0.4) is 0 Å². The second kappa shape index (κ2) is 9.81. The van der Waals surface area contributed by atoms with Gasteiger partial charge in [-0.25, -0.2) is 0 Å². The van der Waals surface area contributed by atoms with Gasteiger partial charge in [-0.15, -0.1) is 0 Å². The van der Waals surface area contributed by atoms with E-state index in [-0.39, 0.29) is 10.5 Å². The summed E-state index contributed by atoms with van der Waals surface area (Å²) in [5.41, 5.74) is 2.80. The molecule has 4 heteroatoms. The fourth-order valence-corrected chi connectivity index (χ4v) is 3.61. The number of hydrogen-bond donors (Lipinski definition) is 0. The van der Waals surface area contributed by atoms with E-state index in [0.29, 0.717) is 11.9 Å². The van der Waals surface area contributed by atoms with Crippen LogP contribution in [-0.4, -0.2) is 15.9 Å². The summed E-state index contributed by atoms with van der Waals surface area (Å²) < 4.78 is 2.07. The molecule has 0 aliphatic rings. The van der Waals surface area contributed by atoms with Gasteiger partial charge in [0.25, 0.3) is 0 Å². The fourth-order valence-electron chi connectivity index (χ4n) is 3.35. The average Bonchev–Trinajstić information content (AvgIpc) is 2.64. The zero-order valence-corrected chi connectivity index (χ0v) is 16.5. The molecule has 1 aromatic carbocycles. The standard InChI is InChI=1S/C21H29NO2S/c1-4-5-6-7-8-9-13-18-16(2)21(24)17-12-10-11-14-19(17)22(18)15-20(23)25-3/h10-12,14H,4-9,13,15H2,1-3H3. The first kappa shape index (κ1) is 19.8. The Bertz CT molecular complexity index is 779. The maximum Gasteiger partial charge on any atom is 0.208 e. The van der Waals surface area contributed by atoms with Crippen molar-refractivity contribution in [2.75, 3.05) is 6.26 Å². The number of nitrogens with zero attached hydrogens (tertiary/aromatic N) is 1. The lowest BCUT2D eigenvalue weighted by Crippen LogP contribution is -2.21. The van der Waals surface area contributed by atoms with Crippen molar-refractivity contribution in [1.29, 1.82) is 0 Å². The van der Waals surface area contributed by atoms with E-state index in [4.69, 9.17) is 0 Å². The molecule has 0 saturated carbocycles. The molecule has 0 aliphatic carbocycles. The van der Waals surface area contributed by atoms with Crippen molar-refractivity contribution < 1.29 is 4.79 Å². The third-order valence-electron chi connectivity index (χ3n) is 4.82. The number of fused-ring (bicyclic) bond motifs is 1. The maximum atomic E-state index is 12.7. The number of benzene rings is 1. The Kier molecular flexibility index (Phi) is 7.76. The Morgan fingerprint density at radius 3 is 2.48 bits per heavy atom. The van der Waals surface area contributed by atoms with Crippen LogP contribution in [0.15, 0.2) is 29.1 Å². The highest BCUT2D eigenvalue weighted by molar-refractivity contribution is 8.13. The minimum atomic E-state index is 0.101. The molecule has 0 radical (unpaired) electrons. The van der Waals surface area contributed by atoms with Gasteiger partial charge in [0.15, 0.2) is 5.43 Å². The fraction of sp³-hybridized carbons (Fsp3) is 0.524. The molecular formula is C21H29NO2S. The van der Waals surface area contributed by atoms with Crippen LogP contribution in [0.1, 0.15) is 56.7 Å². The third-order valence-corrected chi connectivity index (χ3v) is 5.41. The van der Waals surface area contributed by atoms with Crippen LogP contribution in [-0.2, 0) is 17.8 Å².